The number of thiophene rings is 1. The van der Waals surface area contributed by atoms with E-state index in [0.29, 0.717) is 21.9 Å². The lowest BCUT2D eigenvalue weighted by Gasteiger charge is -2.07. The van der Waals surface area contributed by atoms with Crippen molar-refractivity contribution in [2.24, 2.45) is 0 Å². The molecule has 5 nitrogen and oxygen atoms in total. The summed E-state index contributed by atoms with van der Waals surface area (Å²) in [6.45, 7) is 1.97. The molecule has 6 heteroatoms. The van der Waals surface area contributed by atoms with Gasteiger partial charge in [-0.2, -0.15) is 0 Å². The van der Waals surface area contributed by atoms with Crippen LogP contribution in [0.4, 0.5) is 5.00 Å². The smallest absolute Gasteiger partial charge is 0.339 e. The van der Waals surface area contributed by atoms with Gasteiger partial charge in [-0.15, -0.1) is 11.3 Å². The highest BCUT2D eigenvalue weighted by Gasteiger charge is 2.21. The zero-order chi connectivity index (χ0) is 18.7. The third kappa shape index (κ3) is 3.60. The van der Waals surface area contributed by atoms with Crippen LogP contribution >= 0.6 is 11.3 Å². The Kier molecular flexibility index (Phi) is 5.04. The Labute approximate surface area is 154 Å². The molecule has 1 aromatic heterocycles. The van der Waals surface area contributed by atoms with E-state index in [1.54, 1.807) is 29.6 Å². The summed E-state index contributed by atoms with van der Waals surface area (Å²) in [6, 6.07) is 14.3. The van der Waals surface area contributed by atoms with Crippen molar-refractivity contribution >= 4 is 28.2 Å². The number of ether oxygens (including phenoxy) is 1. The van der Waals surface area contributed by atoms with E-state index in [4.69, 9.17) is 4.74 Å². The van der Waals surface area contributed by atoms with Crippen molar-refractivity contribution in [2.45, 2.75) is 6.92 Å². The zero-order valence-electron chi connectivity index (χ0n) is 14.3. The van der Waals surface area contributed by atoms with Gasteiger partial charge in [0.25, 0.3) is 5.91 Å². The lowest BCUT2D eigenvalue weighted by molar-refractivity contribution is 0.0699. The number of amides is 1. The minimum absolute atomic E-state index is 0.0927. The Morgan fingerprint density at radius 1 is 1.12 bits per heavy atom. The minimum atomic E-state index is -1.08. The van der Waals surface area contributed by atoms with Crippen LogP contribution < -0.4 is 10.1 Å². The number of anilines is 1. The van der Waals surface area contributed by atoms with Gasteiger partial charge < -0.3 is 15.2 Å². The molecule has 0 aliphatic carbocycles. The quantitative estimate of drug-likeness (QED) is 0.686. The molecule has 3 aromatic rings. The fraction of sp³-hybridized carbons (Fsp3) is 0.100. The number of carboxylic acid groups (broad SMARTS) is 1. The number of carbonyl (C=O) groups is 2. The number of hydrogen-bond acceptors (Lipinski definition) is 4. The summed E-state index contributed by atoms with van der Waals surface area (Å²) >= 11 is 1.19. The Morgan fingerprint density at radius 2 is 1.85 bits per heavy atom. The largest absolute Gasteiger partial charge is 0.497 e. The number of aryl methyl sites for hydroxylation is 1. The normalized spacial score (nSPS) is 10.4. The first kappa shape index (κ1) is 17.7. The van der Waals surface area contributed by atoms with Gasteiger partial charge in [0.1, 0.15) is 16.3 Å². The van der Waals surface area contributed by atoms with Gasteiger partial charge in [0, 0.05) is 16.5 Å². The molecule has 0 saturated carbocycles. The van der Waals surface area contributed by atoms with Crippen LogP contribution in [0.2, 0.25) is 0 Å². The molecule has 1 heterocycles. The first-order valence-corrected chi connectivity index (χ1v) is 8.75. The first-order chi connectivity index (χ1) is 12.5. The van der Waals surface area contributed by atoms with E-state index >= 15 is 0 Å². The Bertz CT molecular complexity index is 960. The summed E-state index contributed by atoms with van der Waals surface area (Å²) in [4.78, 5) is 24.3. The van der Waals surface area contributed by atoms with Crippen molar-refractivity contribution in [1.82, 2.24) is 0 Å². The Morgan fingerprint density at radius 3 is 2.50 bits per heavy atom. The molecule has 0 aliphatic heterocycles. The second kappa shape index (κ2) is 7.41. The van der Waals surface area contributed by atoms with Gasteiger partial charge in [0.2, 0.25) is 0 Å². The van der Waals surface area contributed by atoms with Crippen LogP contribution in [0.3, 0.4) is 0 Å². The third-order valence-corrected chi connectivity index (χ3v) is 4.82. The van der Waals surface area contributed by atoms with Crippen LogP contribution in [0.5, 0.6) is 5.75 Å². The maximum Gasteiger partial charge on any atom is 0.339 e. The molecule has 1 amide bonds. The van der Waals surface area contributed by atoms with Gasteiger partial charge in [0.05, 0.1) is 7.11 Å². The van der Waals surface area contributed by atoms with Crippen LogP contribution in [-0.4, -0.2) is 24.1 Å². The maximum atomic E-state index is 12.5. The van der Waals surface area contributed by atoms with Crippen LogP contribution in [0.15, 0.2) is 53.9 Å². The topological polar surface area (TPSA) is 75.6 Å². The predicted octanol–water partition coefficient (Wildman–Crippen LogP) is 4.68. The van der Waals surface area contributed by atoms with E-state index in [1.807, 2.05) is 31.2 Å². The monoisotopic (exact) mass is 367 g/mol. The molecule has 0 spiro atoms. The number of benzene rings is 2. The number of nitrogens with one attached hydrogen (secondary N) is 1. The van der Waals surface area contributed by atoms with E-state index in [2.05, 4.69) is 5.32 Å². The average molecular weight is 367 g/mol. The average Bonchev–Trinajstić information content (AvgIpc) is 3.06. The Balaban J connectivity index is 1.94. The highest BCUT2D eigenvalue weighted by Crippen LogP contribution is 2.36. The lowest BCUT2D eigenvalue weighted by atomic mass is 10.0. The fourth-order valence-electron chi connectivity index (χ4n) is 2.55. The molecule has 2 aromatic carbocycles. The van der Waals surface area contributed by atoms with E-state index in [0.717, 1.165) is 11.1 Å². The minimum Gasteiger partial charge on any atom is -0.497 e. The molecule has 26 heavy (non-hydrogen) atoms. The maximum absolute atomic E-state index is 12.5. The van der Waals surface area contributed by atoms with Gasteiger partial charge in [-0.25, -0.2) is 4.79 Å². The van der Waals surface area contributed by atoms with Crippen molar-refractivity contribution in [3.8, 4) is 16.9 Å². The highest BCUT2D eigenvalue weighted by atomic mass is 32.1. The number of aromatic carboxylic acids is 1. The van der Waals surface area contributed by atoms with Crippen LogP contribution in [0.25, 0.3) is 11.1 Å². The second-order valence-electron chi connectivity index (χ2n) is 5.71. The SMILES string of the molecule is COc1cccc(C(=O)Nc2scc(-c3ccc(C)cc3)c2C(=O)O)c1. The highest BCUT2D eigenvalue weighted by molar-refractivity contribution is 7.15. The Hall–Kier alpha value is -3.12. The van der Waals surface area contributed by atoms with E-state index in [-0.39, 0.29) is 11.5 Å². The van der Waals surface area contributed by atoms with Crippen molar-refractivity contribution in [1.29, 1.82) is 0 Å². The van der Waals surface area contributed by atoms with E-state index < -0.39 is 5.97 Å². The van der Waals surface area contributed by atoms with E-state index in [9.17, 15) is 14.7 Å². The van der Waals surface area contributed by atoms with Crippen molar-refractivity contribution in [3.63, 3.8) is 0 Å². The molecule has 0 fully saturated rings. The standard InChI is InChI=1S/C20H17NO4S/c1-12-6-8-13(9-7-12)16-11-26-19(17(16)20(23)24)21-18(22)14-4-3-5-15(10-14)25-2/h3-11H,1-2H3,(H,21,22)(H,23,24). The molecule has 0 atom stereocenters. The summed E-state index contributed by atoms with van der Waals surface area (Å²) in [5.41, 5.74) is 2.96. The molecule has 0 bridgehead atoms. The molecule has 3 rings (SSSR count). The van der Waals surface area contributed by atoms with Gasteiger partial charge in [-0.1, -0.05) is 35.9 Å². The van der Waals surface area contributed by atoms with Gasteiger partial charge in [-0.05, 0) is 30.7 Å². The molecular formula is C20H17NO4S. The van der Waals surface area contributed by atoms with Gasteiger partial charge >= 0.3 is 5.97 Å². The number of carbonyl (C=O) groups excluding carboxylic acids is 1. The summed E-state index contributed by atoms with van der Waals surface area (Å²) in [5.74, 6) is -0.908. The first-order valence-electron chi connectivity index (χ1n) is 7.87. The molecule has 0 unspecified atom stereocenters. The number of hydrogen-bond donors (Lipinski definition) is 2. The molecule has 0 saturated heterocycles. The predicted molar refractivity (Wildman–Crippen MR) is 102 cm³/mol. The van der Waals surface area contributed by atoms with Crippen LogP contribution in [0.1, 0.15) is 26.3 Å². The van der Waals surface area contributed by atoms with Gasteiger partial charge in [-0.3, -0.25) is 4.79 Å². The number of carboxylic acids is 1. The lowest BCUT2D eigenvalue weighted by Crippen LogP contribution is -2.13. The van der Waals surface area contributed by atoms with Crippen LogP contribution in [-0.2, 0) is 0 Å². The third-order valence-electron chi connectivity index (χ3n) is 3.93. The fourth-order valence-corrected chi connectivity index (χ4v) is 3.50. The molecule has 0 aliphatic rings. The molecule has 0 radical (unpaired) electrons. The second-order valence-corrected chi connectivity index (χ2v) is 6.59. The summed E-state index contributed by atoms with van der Waals surface area (Å²) < 4.78 is 5.12. The van der Waals surface area contributed by atoms with Crippen LogP contribution in [0, 0.1) is 6.92 Å². The zero-order valence-corrected chi connectivity index (χ0v) is 15.1. The van der Waals surface area contributed by atoms with Crippen molar-refractivity contribution in [2.75, 3.05) is 12.4 Å². The molecule has 2 N–H and O–H groups in total. The van der Waals surface area contributed by atoms with Crippen molar-refractivity contribution in [3.05, 3.63) is 70.6 Å². The number of methoxy groups -OCH3 is 1. The van der Waals surface area contributed by atoms with Crippen molar-refractivity contribution < 1.29 is 19.4 Å². The van der Waals surface area contributed by atoms with Gasteiger partial charge in [0.15, 0.2) is 0 Å². The van der Waals surface area contributed by atoms with E-state index in [1.165, 1.54) is 18.4 Å². The number of rotatable bonds is 5. The molecular weight excluding hydrogens is 350 g/mol. The summed E-state index contributed by atoms with van der Waals surface area (Å²) in [7, 11) is 1.52. The summed E-state index contributed by atoms with van der Waals surface area (Å²) in [5, 5.41) is 14.4. The summed E-state index contributed by atoms with van der Waals surface area (Å²) in [6.07, 6.45) is 0. The molecule has 132 valence electrons.